The predicted molar refractivity (Wildman–Crippen MR) is 86.4 cm³/mol. The second-order valence-electron chi connectivity index (χ2n) is 4.97. The molecule has 1 heterocycles. The number of nitrogens with zero attached hydrogens (tertiary/aromatic N) is 3. The normalized spacial score (nSPS) is 10.8. The van der Waals surface area contributed by atoms with Gasteiger partial charge in [0.2, 0.25) is 0 Å². The minimum Gasteiger partial charge on any atom is -0.370 e. The summed E-state index contributed by atoms with van der Waals surface area (Å²) in [5, 5.41) is 6.70. The Kier molecular flexibility index (Phi) is 7.95. The van der Waals surface area contributed by atoms with Gasteiger partial charge in [-0.1, -0.05) is 20.8 Å². The number of hydrogen-bond donors (Lipinski definition) is 2. The van der Waals surface area contributed by atoms with Gasteiger partial charge in [0.05, 0.1) is 0 Å². The van der Waals surface area contributed by atoms with E-state index in [4.69, 9.17) is 0 Å². The van der Waals surface area contributed by atoms with Gasteiger partial charge in [-0.3, -0.25) is 0 Å². The second-order valence-corrected chi connectivity index (χ2v) is 4.97. The molecule has 5 nitrogen and oxygen atoms in total. The van der Waals surface area contributed by atoms with E-state index >= 15 is 0 Å². The van der Waals surface area contributed by atoms with Crippen LogP contribution in [0.2, 0.25) is 0 Å². The minimum absolute atomic E-state index is 0.800. The lowest BCUT2D eigenvalue weighted by molar-refractivity contribution is 0.300. The van der Waals surface area contributed by atoms with Crippen LogP contribution in [0.1, 0.15) is 39.4 Å². The van der Waals surface area contributed by atoms with E-state index in [1.165, 1.54) is 6.42 Å². The van der Waals surface area contributed by atoms with Crippen molar-refractivity contribution in [3.63, 3.8) is 0 Å². The molecule has 2 N–H and O–H groups in total. The standard InChI is InChI=1S/C15H29N5/c1-5-8-16-14-12-15(19-13(4)18-14)17-9-11-20(7-3)10-6-2/h12H,5-11H2,1-4H3,(H2,16,17,18,19). The Morgan fingerprint density at radius 1 is 0.950 bits per heavy atom. The van der Waals surface area contributed by atoms with E-state index < -0.39 is 0 Å². The third-order valence-corrected chi connectivity index (χ3v) is 3.12. The topological polar surface area (TPSA) is 53.1 Å². The maximum atomic E-state index is 4.43. The number of nitrogens with one attached hydrogen (secondary N) is 2. The highest BCUT2D eigenvalue weighted by Gasteiger charge is 2.03. The molecular formula is C15H29N5. The summed E-state index contributed by atoms with van der Waals surface area (Å²) in [5.41, 5.74) is 0. The van der Waals surface area contributed by atoms with Crippen molar-refractivity contribution in [1.82, 2.24) is 14.9 Å². The van der Waals surface area contributed by atoms with Crippen LogP contribution < -0.4 is 10.6 Å². The zero-order valence-electron chi connectivity index (χ0n) is 13.4. The molecule has 0 aliphatic rings. The Bertz CT molecular complexity index is 381. The SMILES string of the molecule is CCCNc1cc(NCCN(CC)CCC)nc(C)n1. The third-order valence-electron chi connectivity index (χ3n) is 3.12. The molecule has 0 saturated carbocycles. The van der Waals surface area contributed by atoms with Crippen LogP contribution in [0, 0.1) is 6.92 Å². The summed E-state index contributed by atoms with van der Waals surface area (Å²) < 4.78 is 0. The van der Waals surface area contributed by atoms with Crippen molar-refractivity contribution in [3.8, 4) is 0 Å². The number of aromatic nitrogens is 2. The first-order valence-electron chi connectivity index (χ1n) is 7.75. The summed E-state index contributed by atoms with van der Waals surface area (Å²) in [5.74, 6) is 2.61. The Labute approximate surface area is 123 Å². The molecule has 20 heavy (non-hydrogen) atoms. The lowest BCUT2D eigenvalue weighted by Gasteiger charge is -2.19. The number of aryl methyl sites for hydroxylation is 1. The number of anilines is 2. The quantitative estimate of drug-likeness (QED) is 0.690. The molecule has 0 aliphatic carbocycles. The third kappa shape index (κ3) is 6.19. The van der Waals surface area contributed by atoms with Crippen LogP contribution in [0.25, 0.3) is 0 Å². The van der Waals surface area contributed by atoms with Gasteiger partial charge in [-0.05, 0) is 32.9 Å². The molecule has 0 atom stereocenters. The first kappa shape index (κ1) is 16.7. The molecule has 0 bridgehead atoms. The molecule has 5 heteroatoms. The Morgan fingerprint density at radius 2 is 1.60 bits per heavy atom. The highest BCUT2D eigenvalue weighted by atomic mass is 15.1. The molecular weight excluding hydrogens is 250 g/mol. The van der Waals surface area contributed by atoms with E-state index in [0.29, 0.717) is 0 Å². The van der Waals surface area contributed by atoms with Crippen molar-refractivity contribution < 1.29 is 0 Å². The van der Waals surface area contributed by atoms with Gasteiger partial charge < -0.3 is 15.5 Å². The number of likely N-dealkylation sites (N-methyl/N-ethyl adjacent to an activating group) is 1. The first-order chi connectivity index (χ1) is 9.69. The molecule has 1 aromatic rings. The summed E-state index contributed by atoms with van der Waals surface area (Å²) >= 11 is 0. The monoisotopic (exact) mass is 279 g/mol. The van der Waals surface area contributed by atoms with E-state index in [0.717, 1.165) is 56.6 Å². The lowest BCUT2D eigenvalue weighted by Crippen LogP contribution is -2.29. The fraction of sp³-hybridized carbons (Fsp3) is 0.733. The Morgan fingerprint density at radius 3 is 2.15 bits per heavy atom. The van der Waals surface area contributed by atoms with E-state index in [9.17, 15) is 0 Å². The average Bonchev–Trinajstić information content (AvgIpc) is 2.43. The second kappa shape index (κ2) is 9.53. The molecule has 1 rings (SSSR count). The van der Waals surface area contributed by atoms with Crippen LogP contribution >= 0.6 is 0 Å². The van der Waals surface area contributed by atoms with Crippen molar-refractivity contribution in [1.29, 1.82) is 0 Å². The van der Waals surface area contributed by atoms with Gasteiger partial charge in [-0.25, -0.2) is 9.97 Å². The number of rotatable bonds is 10. The molecule has 0 radical (unpaired) electrons. The Hall–Kier alpha value is -1.36. The van der Waals surface area contributed by atoms with Crippen LogP contribution in [-0.2, 0) is 0 Å². The maximum Gasteiger partial charge on any atom is 0.131 e. The van der Waals surface area contributed by atoms with Gasteiger partial charge in [0.15, 0.2) is 0 Å². The molecule has 0 unspecified atom stereocenters. The fourth-order valence-electron chi connectivity index (χ4n) is 2.09. The van der Waals surface area contributed by atoms with Crippen LogP contribution in [0.3, 0.4) is 0 Å². The van der Waals surface area contributed by atoms with Crippen LogP contribution in [0.5, 0.6) is 0 Å². The molecule has 0 aromatic carbocycles. The van der Waals surface area contributed by atoms with Gasteiger partial charge in [-0.15, -0.1) is 0 Å². The fourth-order valence-corrected chi connectivity index (χ4v) is 2.09. The predicted octanol–water partition coefficient (Wildman–Crippen LogP) is 2.75. The smallest absolute Gasteiger partial charge is 0.131 e. The lowest BCUT2D eigenvalue weighted by atomic mass is 10.4. The molecule has 0 spiro atoms. The van der Waals surface area contributed by atoms with E-state index in [-0.39, 0.29) is 0 Å². The van der Waals surface area contributed by atoms with Gasteiger partial charge in [-0.2, -0.15) is 0 Å². The summed E-state index contributed by atoms with van der Waals surface area (Å²) in [6.07, 6.45) is 2.29. The molecule has 0 saturated heterocycles. The van der Waals surface area contributed by atoms with Crippen molar-refractivity contribution in [2.45, 2.75) is 40.5 Å². The first-order valence-corrected chi connectivity index (χ1v) is 7.75. The molecule has 114 valence electrons. The van der Waals surface area contributed by atoms with Crippen LogP contribution in [0.4, 0.5) is 11.6 Å². The van der Waals surface area contributed by atoms with Crippen LogP contribution in [-0.4, -0.2) is 47.6 Å². The summed E-state index contributed by atoms with van der Waals surface area (Å²) in [6, 6.07) is 1.98. The molecule has 0 fully saturated rings. The maximum absolute atomic E-state index is 4.43. The van der Waals surface area contributed by atoms with Crippen LogP contribution in [0.15, 0.2) is 6.07 Å². The van der Waals surface area contributed by atoms with E-state index in [2.05, 4.69) is 46.3 Å². The molecule has 0 amide bonds. The van der Waals surface area contributed by atoms with Crippen molar-refractivity contribution >= 4 is 11.6 Å². The number of hydrogen-bond acceptors (Lipinski definition) is 5. The van der Waals surface area contributed by atoms with Crippen molar-refractivity contribution in [3.05, 3.63) is 11.9 Å². The van der Waals surface area contributed by atoms with Gasteiger partial charge >= 0.3 is 0 Å². The largest absolute Gasteiger partial charge is 0.370 e. The van der Waals surface area contributed by atoms with Gasteiger partial charge in [0.25, 0.3) is 0 Å². The zero-order chi connectivity index (χ0) is 14.8. The average molecular weight is 279 g/mol. The zero-order valence-corrected chi connectivity index (χ0v) is 13.4. The minimum atomic E-state index is 0.800. The Balaban J connectivity index is 2.48. The molecule has 1 aromatic heterocycles. The highest BCUT2D eigenvalue weighted by Crippen LogP contribution is 2.10. The molecule has 0 aliphatic heterocycles. The van der Waals surface area contributed by atoms with Gasteiger partial charge in [0, 0.05) is 25.7 Å². The van der Waals surface area contributed by atoms with Crippen molar-refractivity contribution in [2.24, 2.45) is 0 Å². The summed E-state index contributed by atoms with van der Waals surface area (Å²) in [6.45, 7) is 13.7. The summed E-state index contributed by atoms with van der Waals surface area (Å²) in [4.78, 5) is 11.3. The van der Waals surface area contributed by atoms with E-state index in [1.54, 1.807) is 0 Å². The van der Waals surface area contributed by atoms with Gasteiger partial charge in [0.1, 0.15) is 17.5 Å². The van der Waals surface area contributed by atoms with Crippen molar-refractivity contribution in [2.75, 3.05) is 43.4 Å². The summed E-state index contributed by atoms with van der Waals surface area (Å²) in [7, 11) is 0. The highest BCUT2D eigenvalue weighted by molar-refractivity contribution is 5.47. The van der Waals surface area contributed by atoms with E-state index in [1.807, 2.05) is 13.0 Å².